The van der Waals surface area contributed by atoms with Gasteiger partial charge in [0, 0.05) is 30.9 Å². The zero-order valence-corrected chi connectivity index (χ0v) is 12.0. The molecule has 0 aliphatic carbocycles. The molecule has 0 radical (unpaired) electrons. The fourth-order valence-electron chi connectivity index (χ4n) is 2.81. The molecule has 0 spiro atoms. The molecule has 2 aromatic rings. The van der Waals surface area contributed by atoms with Crippen molar-refractivity contribution in [2.75, 3.05) is 19.7 Å². The van der Waals surface area contributed by atoms with Crippen LogP contribution in [-0.2, 0) is 6.54 Å². The molecule has 4 nitrogen and oxygen atoms in total. The van der Waals surface area contributed by atoms with E-state index < -0.39 is 0 Å². The Hall–Kier alpha value is -1.88. The highest BCUT2D eigenvalue weighted by atomic mass is 19.1. The Kier molecular flexibility index (Phi) is 4.50. The lowest BCUT2D eigenvalue weighted by Crippen LogP contribution is -2.37. The van der Waals surface area contributed by atoms with E-state index in [4.69, 9.17) is 4.74 Å². The molecule has 1 aliphatic heterocycles. The molecule has 0 unspecified atom stereocenters. The number of nitrogens with one attached hydrogen (secondary N) is 1. The molecular formula is C16H20FN3O. The van der Waals surface area contributed by atoms with Gasteiger partial charge in [-0.2, -0.15) is 5.10 Å². The van der Waals surface area contributed by atoms with Crippen LogP contribution in [0.4, 0.5) is 4.39 Å². The summed E-state index contributed by atoms with van der Waals surface area (Å²) in [7, 11) is 0. The van der Waals surface area contributed by atoms with Gasteiger partial charge in [0.2, 0.25) is 0 Å². The van der Waals surface area contributed by atoms with Crippen molar-refractivity contribution in [1.82, 2.24) is 15.1 Å². The maximum atomic E-state index is 13.5. The Bertz CT molecular complexity index is 558. The number of benzene rings is 1. The van der Waals surface area contributed by atoms with Crippen LogP contribution in [0.1, 0.15) is 18.5 Å². The first kappa shape index (κ1) is 14.1. The molecule has 1 aromatic heterocycles. The van der Waals surface area contributed by atoms with Crippen LogP contribution in [0.2, 0.25) is 0 Å². The van der Waals surface area contributed by atoms with Crippen LogP contribution in [-0.4, -0.2) is 34.8 Å². The van der Waals surface area contributed by atoms with Gasteiger partial charge in [-0.3, -0.25) is 10.00 Å². The molecule has 1 saturated heterocycles. The van der Waals surface area contributed by atoms with Gasteiger partial charge in [0.25, 0.3) is 0 Å². The largest absolute Gasteiger partial charge is 0.490 e. The van der Waals surface area contributed by atoms with Crippen LogP contribution in [0, 0.1) is 11.7 Å². The average molecular weight is 289 g/mol. The Morgan fingerprint density at radius 3 is 3.05 bits per heavy atom. The number of hydrogen-bond acceptors (Lipinski definition) is 3. The van der Waals surface area contributed by atoms with E-state index >= 15 is 0 Å². The summed E-state index contributed by atoms with van der Waals surface area (Å²) in [6.45, 7) is 3.53. The lowest BCUT2D eigenvalue weighted by molar-refractivity contribution is 0.122. The summed E-state index contributed by atoms with van der Waals surface area (Å²) in [5.74, 6) is 0.507. The predicted molar refractivity (Wildman–Crippen MR) is 78.5 cm³/mol. The van der Waals surface area contributed by atoms with Crippen LogP contribution in [0.15, 0.2) is 36.5 Å². The first-order valence-corrected chi connectivity index (χ1v) is 7.39. The van der Waals surface area contributed by atoms with Crippen molar-refractivity contribution < 1.29 is 9.13 Å². The molecule has 1 N–H and O–H groups in total. The van der Waals surface area contributed by atoms with E-state index in [2.05, 4.69) is 15.1 Å². The standard InChI is InChI=1S/C16H20FN3O/c17-15-5-1-2-6-16(15)21-12-13-4-3-9-20(10-13)11-14-7-8-18-19-14/h1-2,5-8,13H,3-4,9-12H2,(H,18,19)/t13-/m0/s1. The second-order valence-corrected chi connectivity index (χ2v) is 5.57. The summed E-state index contributed by atoms with van der Waals surface area (Å²) in [5, 5.41) is 6.97. The maximum Gasteiger partial charge on any atom is 0.165 e. The number of ether oxygens (including phenoxy) is 1. The Labute approximate surface area is 123 Å². The van der Waals surface area contributed by atoms with Crippen molar-refractivity contribution in [2.45, 2.75) is 19.4 Å². The van der Waals surface area contributed by atoms with Gasteiger partial charge < -0.3 is 4.74 Å². The molecule has 0 amide bonds. The minimum atomic E-state index is -0.289. The quantitative estimate of drug-likeness (QED) is 0.920. The predicted octanol–water partition coefficient (Wildman–Crippen LogP) is 2.84. The molecule has 1 aliphatic rings. The van der Waals surface area contributed by atoms with Crippen molar-refractivity contribution in [3.05, 3.63) is 48.0 Å². The lowest BCUT2D eigenvalue weighted by Gasteiger charge is -2.32. The van der Waals surface area contributed by atoms with E-state index in [9.17, 15) is 4.39 Å². The third kappa shape index (κ3) is 3.82. The number of H-pyrrole nitrogens is 1. The molecule has 1 fully saturated rings. The minimum absolute atomic E-state index is 0.289. The summed E-state index contributed by atoms with van der Waals surface area (Å²) in [6.07, 6.45) is 4.06. The van der Waals surface area contributed by atoms with Gasteiger partial charge in [-0.1, -0.05) is 12.1 Å². The van der Waals surface area contributed by atoms with Gasteiger partial charge in [-0.25, -0.2) is 4.39 Å². The van der Waals surface area contributed by atoms with Crippen molar-refractivity contribution in [2.24, 2.45) is 5.92 Å². The third-order valence-corrected chi connectivity index (χ3v) is 3.87. The fourth-order valence-corrected chi connectivity index (χ4v) is 2.81. The molecular weight excluding hydrogens is 269 g/mol. The number of piperidine rings is 1. The molecule has 0 bridgehead atoms. The topological polar surface area (TPSA) is 41.1 Å². The van der Waals surface area contributed by atoms with Crippen LogP contribution < -0.4 is 4.74 Å². The van der Waals surface area contributed by atoms with Crippen molar-refractivity contribution in [3.63, 3.8) is 0 Å². The van der Waals surface area contributed by atoms with Crippen LogP contribution >= 0.6 is 0 Å². The molecule has 0 saturated carbocycles. The van der Waals surface area contributed by atoms with E-state index in [0.29, 0.717) is 18.3 Å². The number of para-hydroxylation sites is 1. The van der Waals surface area contributed by atoms with Crippen LogP contribution in [0.3, 0.4) is 0 Å². The molecule has 1 aromatic carbocycles. The first-order valence-electron chi connectivity index (χ1n) is 7.39. The highest BCUT2D eigenvalue weighted by Gasteiger charge is 2.21. The van der Waals surface area contributed by atoms with Crippen LogP contribution in [0.5, 0.6) is 5.75 Å². The average Bonchev–Trinajstić information content (AvgIpc) is 3.00. The Morgan fingerprint density at radius 2 is 2.24 bits per heavy atom. The molecule has 2 heterocycles. The van der Waals surface area contributed by atoms with E-state index in [1.165, 1.54) is 6.07 Å². The normalized spacial score (nSPS) is 19.6. The summed E-state index contributed by atoms with van der Waals surface area (Å²) >= 11 is 0. The molecule has 3 rings (SSSR count). The van der Waals surface area contributed by atoms with Gasteiger partial charge in [0.15, 0.2) is 11.6 Å². The van der Waals surface area contributed by atoms with Gasteiger partial charge in [-0.05, 0) is 37.6 Å². The Morgan fingerprint density at radius 1 is 1.33 bits per heavy atom. The zero-order valence-electron chi connectivity index (χ0n) is 12.0. The van der Waals surface area contributed by atoms with Gasteiger partial charge in [0.1, 0.15) is 0 Å². The minimum Gasteiger partial charge on any atom is -0.490 e. The highest BCUT2D eigenvalue weighted by Crippen LogP contribution is 2.21. The Balaban J connectivity index is 1.51. The highest BCUT2D eigenvalue weighted by molar-refractivity contribution is 5.23. The molecule has 21 heavy (non-hydrogen) atoms. The maximum absolute atomic E-state index is 13.5. The monoisotopic (exact) mass is 289 g/mol. The first-order chi connectivity index (χ1) is 10.3. The number of hydrogen-bond donors (Lipinski definition) is 1. The number of nitrogens with zero attached hydrogens (tertiary/aromatic N) is 2. The van der Waals surface area contributed by atoms with Crippen molar-refractivity contribution >= 4 is 0 Å². The number of rotatable bonds is 5. The number of aromatic nitrogens is 2. The van der Waals surface area contributed by atoms with Crippen molar-refractivity contribution in [3.8, 4) is 5.75 Å². The second-order valence-electron chi connectivity index (χ2n) is 5.57. The van der Waals surface area contributed by atoms with Gasteiger partial charge in [-0.15, -0.1) is 0 Å². The number of likely N-dealkylation sites (tertiary alicyclic amines) is 1. The van der Waals surface area contributed by atoms with Crippen molar-refractivity contribution in [1.29, 1.82) is 0 Å². The zero-order chi connectivity index (χ0) is 14.5. The number of halogens is 1. The van der Waals surface area contributed by atoms with E-state index in [0.717, 1.165) is 38.2 Å². The van der Waals surface area contributed by atoms with E-state index in [1.807, 2.05) is 6.07 Å². The molecule has 5 heteroatoms. The fraction of sp³-hybridized carbons (Fsp3) is 0.438. The summed E-state index contributed by atoms with van der Waals surface area (Å²) < 4.78 is 19.2. The lowest BCUT2D eigenvalue weighted by atomic mass is 9.99. The summed E-state index contributed by atoms with van der Waals surface area (Å²) in [5.41, 5.74) is 1.13. The van der Waals surface area contributed by atoms with Crippen LogP contribution in [0.25, 0.3) is 0 Å². The summed E-state index contributed by atoms with van der Waals surface area (Å²) in [6, 6.07) is 8.58. The van der Waals surface area contributed by atoms with Gasteiger partial charge in [0.05, 0.1) is 6.61 Å². The second kappa shape index (κ2) is 6.72. The number of aromatic amines is 1. The van der Waals surface area contributed by atoms with E-state index in [-0.39, 0.29) is 5.82 Å². The molecule has 1 atom stereocenters. The summed E-state index contributed by atoms with van der Waals surface area (Å²) in [4.78, 5) is 2.40. The SMILES string of the molecule is Fc1ccccc1OC[C@H]1CCCN(Cc2ccn[nH]2)C1. The molecule has 112 valence electrons. The third-order valence-electron chi connectivity index (χ3n) is 3.87. The van der Waals surface area contributed by atoms with Gasteiger partial charge >= 0.3 is 0 Å². The van der Waals surface area contributed by atoms with E-state index in [1.54, 1.807) is 24.4 Å². The smallest absolute Gasteiger partial charge is 0.165 e.